The molecule has 16 heavy (non-hydrogen) atoms. The molecule has 4 nitrogen and oxygen atoms in total. The summed E-state index contributed by atoms with van der Waals surface area (Å²) in [7, 11) is 0. The van der Waals surface area contributed by atoms with Crippen LogP contribution in [0.15, 0.2) is 12.2 Å². The lowest BCUT2D eigenvalue weighted by Gasteiger charge is -2.27. The fourth-order valence-electron chi connectivity index (χ4n) is 2.50. The zero-order valence-corrected chi connectivity index (χ0v) is 9.40. The molecule has 0 spiro atoms. The molecule has 3 atom stereocenters. The number of ether oxygens (including phenoxy) is 2. The quantitative estimate of drug-likeness (QED) is 0.526. The van der Waals surface area contributed by atoms with Crippen molar-refractivity contribution >= 4 is 11.9 Å². The number of carbonyl (C=O) groups is 2. The number of esters is 2. The van der Waals surface area contributed by atoms with Crippen LogP contribution in [0.25, 0.3) is 0 Å². The van der Waals surface area contributed by atoms with Gasteiger partial charge < -0.3 is 9.47 Å². The molecule has 0 N–H and O–H groups in total. The molecule has 2 aliphatic rings. The van der Waals surface area contributed by atoms with Crippen molar-refractivity contribution < 1.29 is 19.1 Å². The van der Waals surface area contributed by atoms with Gasteiger partial charge in [0.05, 0.1) is 12.5 Å². The molecule has 1 saturated carbocycles. The summed E-state index contributed by atoms with van der Waals surface area (Å²) in [6, 6.07) is 0. The van der Waals surface area contributed by atoms with Gasteiger partial charge in [0.2, 0.25) is 0 Å². The van der Waals surface area contributed by atoms with Crippen molar-refractivity contribution in [3.05, 3.63) is 12.2 Å². The minimum atomic E-state index is -0.357. The topological polar surface area (TPSA) is 52.6 Å². The van der Waals surface area contributed by atoms with Gasteiger partial charge in [0.15, 0.2) is 0 Å². The maximum absolute atomic E-state index is 11.5. The van der Waals surface area contributed by atoms with Crippen LogP contribution in [0.2, 0.25) is 0 Å². The molecule has 1 saturated heterocycles. The highest BCUT2D eigenvalue weighted by molar-refractivity contribution is 5.87. The van der Waals surface area contributed by atoms with Gasteiger partial charge in [-0.3, -0.25) is 4.79 Å². The number of hydrogen-bond acceptors (Lipinski definition) is 4. The molecule has 0 amide bonds. The molecule has 0 bridgehead atoms. The second kappa shape index (κ2) is 4.28. The first-order valence-corrected chi connectivity index (χ1v) is 5.62. The van der Waals surface area contributed by atoms with E-state index < -0.39 is 0 Å². The maximum atomic E-state index is 11.5. The van der Waals surface area contributed by atoms with Crippen molar-refractivity contribution in [1.29, 1.82) is 0 Å². The standard InChI is InChI=1S/C12H16O4/c1-7(2)11(13)16-10-4-3-9-8(10)5-6-15-12(9)14/h8-10H,1,3-6H2,2H3. The third kappa shape index (κ3) is 1.96. The van der Waals surface area contributed by atoms with Gasteiger partial charge in [0, 0.05) is 11.5 Å². The van der Waals surface area contributed by atoms with E-state index in [0.29, 0.717) is 12.2 Å². The highest BCUT2D eigenvalue weighted by atomic mass is 16.6. The summed E-state index contributed by atoms with van der Waals surface area (Å²) < 4.78 is 10.3. The molecule has 1 aliphatic carbocycles. The van der Waals surface area contributed by atoms with Crippen LogP contribution in [-0.4, -0.2) is 24.6 Å². The Morgan fingerprint density at radius 1 is 1.44 bits per heavy atom. The van der Waals surface area contributed by atoms with Gasteiger partial charge in [-0.1, -0.05) is 6.58 Å². The minimum Gasteiger partial charge on any atom is -0.465 e. The second-order valence-corrected chi connectivity index (χ2v) is 4.53. The number of carbonyl (C=O) groups excluding carboxylic acids is 2. The van der Waals surface area contributed by atoms with Crippen LogP contribution < -0.4 is 0 Å². The number of cyclic esters (lactones) is 1. The summed E-state index contributed by atoms with van der Waals surface area (Å²) >= 11 is 0. The van der Waals surface area contributed by atoms with Gasteiger partial charge in [-0.2, -0.15) is 0 Å². The lowest BCUT2D eigenvalue weighted by molar-refractivity contribution is -0.161. The molecule has 1 heterocycles. The molecule has 88 valence electrons. The van der Waals surface area contributed by atoms with Crippen molar-refractivity contribution in [3.63, 3.8) is 0 Å². The Balaban J connectivity index is 2.00. The summed E-state index contributed by atoms with van der Waals surface area (Å²) in [5.41, 5.74) is 0.404. The van der Waals surface area contributed by atoms with Crippen LogP contribution in [-0.2, 0) is 19.1 Å². The van der Waals surface area contributed by atoms with Gasteiger partial charge in [-0.15, -0.1) is 0 Å². The SMILES string of the molecule is C=C(C)C(=O)OC1CCC2C(=O)OCCC12. The Hall–Kier alpha value is -1.32. The first-order chi connectivity index (χ1) is 7.59. The Morgan fingerprint density at radius 3 is 2.88 bits per heavy atom. The van der Waals surface area contributed by atoms with Crippen LogP contribution in [0, 0.1) is 11.8 Å². The van der Waals surface area contributed by atoms with E-state index >= 15 is 0 Å². The van der Waals surface area contributed by atoms with Crippen molar-refractivity contribution in [1.82, 2.24) is 0 Å². The van der Waals surface area contributed by atoms with Gasteiger partial charge in [-0.25, -0.2) is 4.79 Å². The van der Waals surface area contributed by atoms with Crippen molar-refractivity contribution in [2.24, 2.45) is 11.8 Å². The molecule has 0 aromatic heterocycles. The summed E-state index contributed by atoms with van der Waals surface area (Å²) in [6.45, 7) is 5.62. The first-order valence-electron chi connectivity index (χ1n) is 5.62. The molecule has 2 fully saturated rings. The average Bonchev–Trinajstić information content (AvgIpc) is 2.63. The number of hydrogen-bond donors (Lipinski definition) is 0. The second-order valence-electron chi connectivity index (χ2n) is 4.53. The molecule has 3 unspecified atom stereocenters. The van der Waals surface area contributed by atoms with E-state index in [1.54, 1.807) is 6.92 Å². The molecule has 1 aliphatic heterocycles. The van der Waals surface area contributed by atoms with Crippen LogP contribution >= 0.6 is 0 Å². The van der Waals surface area contributed by atoms with Gasteiger partial charge in [0.25, 0.3) is 0 Å². The molecule has 4 heteroatoms. The van der Waals surface area contributed by atoms with E-state index in [1.165, 1.54) is 0 Å². The smallest absolute Gasteiger partial charge is 0.333 e. The van der Waals surface area contributed by atoms with Gasteiger partial charge in [0.1, 0.15) is 6.10 Å². The highest BCUT2D eigenvalue weighted by Crippen LogP contribution is 2.39. The zero-order chi connectivity index (χ0) is 11.7. The van der Waals surface area contributed by atoms with Crippen LogP contribution in [0.5, 0.6) is 0 Å². The fraction of sp³-hybridized carbons (Fsp3) is 0.667. The van der Waals surface area contributed by atoms with E-state index in [4.69, 9.17) is 9.47 Å². The van der Waals surface area contributed by atoms with E-state index in [1.807, 2.05) is 0 Å². The Kier molecular flexibility index (Phi) is 2.99. The third-order valence-corrected chi connectivity index (χ3v) is 3.36. The largest absolute Gasteiger partial charge is 0.465 e. The molecular formula is C12H16O4. The van der Waals surface area contributed by atoms with Crippen LogP contribution in [0.3, 0.4) is 0 Å². The molecule has 0 aromatic rings. The normalized spacial score (nSPS) is 32.8. The lowest BCUT2D eigenvalue weighted by Crippen LogP contribution is -2.35. The highest BCUT2D eigenvalue weighted by Gasteiger charge is 2.45. The summed E-state index contributed by atoms with van der Waals surface area (Å²) in [6.07, 6.45) is 2.17. The molecule has 0 aromatic carbocycles. The zero-order valence-electron chi connectivity index (χ0n) is 9.40. The molecular weight excluding hydrogens is 208 g/mol. The summed E-state index contributed by atoms with van der Waals surface area (Å²) in [4.78, 5) is 22.9. The predicted octanol–water partition coefficient (Wildman–Crippen LogP) is 1.45. The van der Waals surface area contributed by atoms with Gasteiger partial charge >= 0.3 is 11.9 Å². The van der Waals surface area contributed by atoms with Crippen LogP contribution in [0.4, 0.5) is 0 Å². The summed E-state index contributed by atoms with van der Waals surface area (Å²) in [5.74, 6) is -0.420. The Morgan fingerprint density at radius 2 is 2.19 bits per heavy atom. The lowest BCUT2D eigenvalue weighted by atomic mass is 9.90. The monoisotopic (exact) mass is 224 g/mol. The van der Waals surface area contributed by atoms with Crippen LogP contribution in [0.1, 0.15) is 26.2 Å². The van der Waals surface area contributed by atoms with Crippen molar-refractivity contribution in [2.75, 3.05) is 6.61 Å². The minimum absolute atomic E-state index is 0.0725. The fourth-order valence-corrected chi connectivity index (χ4v) is 2.50. The average molecular weight is 224 g/mol. The third-order valence-electron chi connectivity index (χ3n) is 3.36. The van der Waals surface area contributed by atoms with E-state index in [-0.39, 0.29) is 29.9 Å². The first kappa shape index (κ1) is 11.2. The molecule has 0 radical (unpaired) electrons. The van der Waals surface area contributed by atoms with Crippen molar-refractivity contribution in [2.45, 2.75) is 32.3 Å². The molecule has 2 rings (SSSR count). The van der Waals surface area contributed by atoms with E-state index in [9.17, 15) is 9.59 Å². The summed E-state index contributed by atoms with van der Waals surface area (Å²) in [5, 5.41) is 0. The number of rotatable bonds is 2. The maximum Gasteiger partial charge on any atom is 0.333 e. The van der Waals surface area contributed by atoms with E-state index in [2.05, 4.69) is 6.58 Å². The Labute approximate surface area is 94.6 Å². The van der Waals surface area contributed by atoms with E-state index in [0.717, 1.165) is 19.3 Å². The Bertz CT molecular complexity index is 334. The van der Waals surface area contributed by atoms with Gasteiger partial charge in [-0.05, 0) is 26.2 Å². The number of fused-ring (bicyclic) bond motifs is 1. The predicted molar refractivity (Wildman–Crippen MR) is 56.5 cm³/mol. The van der Waals surface area contributed by atoms with Crippen molar-refractivity contribution in [3.8, 4) is 0 Å².